The van der Waals surface area contributed by atoms with E-state index < -0.39 is 0 Å². The second kappa shape index (κ2) is 7.36. The molecule has 0 saturated heterocycles. The van der Waals surface area contributed by atoms with Crippen LogP contribution in [0.15, 0.2) is 0 Å². The molecular formula is C10H19N3O. The molecule has 3 N–H and O–H groups in total. The van der Waals surface area contributed by atoms with Gasteiger partial charge in [-0.15, -0.1) is 5.92 Å². The molecule has 0 radical (unpaired) electrons. The van der Waals surface area contributed by atoms with Crippen LogP contribution in [0, 0.1) is 11.8 Å². The highest BCUT2D eigenvalue weighted by atomic mass is 16.2. The van der Waals surface area contributed by atoms with Gasteiger partial charge in [-0.2, -0.15) is 0 Å². The van der Waals surface area contributed by atoms with E-state index in [0.29, 0.717) is 19.5 Å². The Kier molecular flexibility index (Phi) is 6.81. The van der Waals surface area contributed by atoms with E-state index in [2.05, 4.69) is 17.2 Å². The fourth-order valence-corrected chi connectivity index (χ4v) is 0.916. The van der Waals surface area contributed by atoms with Crippen LogP contribution in [-0.4, -0.2) is 44.0 Å². The highest BCUT2D eigenvalue weighted by Crippen LogP contribution is 1.93. The van der Waals surface area contributed by atoms with Crippen LogP contribution in [0.3, 0.4) is 0 Å². The average Bonchev–Trinajstić information content (AvgIpc) is 2.16. The van der Waals surface area contributed by atoms with Gasteiger partial charge in [0.05, 0.1) is 6.54 Å². The summed E-state index contributed by atoms with van der Waals surface area (Å²) < 4.78 is 0. The van der Waals surface area contributed by atoms with Gasteiger partial charge in [-0.1, -0.05) is 5.92 Å². The van der Waals surface area contributed by atoms with Gasteiger partial charge in [0.2, 0.25) is 5.91 Å². The van der Waals surface area contributed by atoms with E-state index in [1.165, 1.54) is 0 Å². The van der Waals surface area contributed by atoms with Gasteiger partial charge in [0.15, 0.2) is 0 Å². The fraction of sp³-hybridized carbons (Fsp3) is 0.700. The lowest BCUT2D eigenvalue weighted by Crippen LogP contribution is -2.40. The largest absolute Gasteiger partial charge is 0.349 e. The molecular weight excluding hydrogens is 178 g/mol. The molecule has 0 spiro atoms. The van der Waals surface area contributed by atoms with Crippen LogP contribution in [0.25, 0.3) is 0 Å². The van der Waals surface area contributed by atoms with Gasteiger partial charge in [0.1, 0.15) is 0 Å². The molecule has 0 aromatic carbocycles. The molecule has 1 amide bonds. The molecule has 0 aliphatic rings. The van der Waals surface area contributed by atoms with E-state index >= 15 is 0 Å². The van der Waals surface area contributed by atoms with Crippen molar-refractivity contribution in [2.75, 3.05) is 27.2 Å². The second-order valence-electron chi connectivity index (χ2n) is 3.23. The number of nitrogens with zero attached hydrogens (tertiary/aromatic N) is 1. The minimum atomic E-state index is 0.0192. The molecule has 0 aliphatic heterocycles. The maximum absolute atomic E-state index is 11.3. The smallest absolute Gasteiger partial charge is 0.223 e. The van der Waals surface area contributed by atoms with Gasteiger partial charge >= 0.3 is 0 Å². The first-order valence-electron chi connectivity index (χ1n) is 4.65. The topological polar surface area (TPSA) is 58.4 Å². The van der Waals surface area contributed by atoms with Crippen LogP contribution in [-0.2, 0) is 4.79 Å². The number of hydrogen-bond acceptors (Lipinski definition) is 3. The minimum Gasteiger partial charge on any atom is -0.349 e. The van der Waals surface area contributed by atoms with Crippen molar-refractivity contribution < 1.29 is 4.79 Å². The maximum Gasteiger partial charge on any atom is 0.223 e. The van der Waals surface area contributed by atoms with E-state index in [1.807, 2.05) is 0 Å². The first-order valence-corrected chi connectivity index (χ1v) is 4.65. The van der Waals surface area contributed by atoms with Gasteiger partial charge in [-0.3, -0.25) is 4.79 Å². The summed E-state index contributed by atoms with van der Waals surface area (Å²) in [5.74, 6) is 5.73. The third-order valence-corrected chi connectivity index (χ3v) is 1.86. The van der Waals surface area contributed by atoms with Gasteiger partial charge in [0, 0.05) is 33.1 Å². The lowest BCUT2D eigenvalue weighted by molar-refractivity contribution is -0.129. The van der Waals surface area contributed by atoms with E-state index in [9.17, 15) is 4.79 Å². The van der Waals surface area contributed by atoms with Crippen LogP contribution in [0.4, 0.5) is 0 Å². The third-order valence-electron chi connectivity index (χ3n) is 1.86. The van der Waals surface area contributed by atoms with E-state index in [4.69, 9.17) is 5.73 Å². The Morgan fingerprint density at radius 2 is 2.21 bits per heavy atom. The number of carbonyl (C=O) groups is 1. The molecule has 0 bridgehead atoms. The van der Waals surface area contributed by atoms with Crippen molar-refractivity contribution in [3.05, 3.63) is 0 Å². The molecule has 0 fully saturated rings. The summed E-state index contributed by atoms with van der Waals surface area (Å²) in [6.07, 6.45) is 0.425. The normalized spacial score (nSPS) is 11.4. The van der Waals surface area contributed by atoms with Crippen molar-refractivity contribution in [1.29, 1.82) is 0 Å². The highest BCUT2D eigenvalue weighted by Gasteiger charge is 2.12. The number of nitrogens with two attached hydrogens (primary N) is 1. The highest BCUT2D eigenvalue weighted by molar-refractivity contribution is 5.76. The maximum atomic E-state index is 11.3. The summed E-state index contributed by atoms with van der Waals surface area (Å²) in [7, 11) is 3.48. The van der Waals surface area contributed by atoms with E-state index in [-0.39, 0.29) is 11.9 Å². The number of amides is 1. The number of rotatable bonds is 5. The second-order valence-corrected chi connectivity index (χ2v) is 3.23. The molecule has 0 aromatic rings. The average molecular weight is 197 g/mol. The van der Waals surface area contributed by atoms with Crippen LogP contribution < -0.4 is 11.1 Å². The molecule has 14 heavy (non-hydrogen) atoms. The number of nitrogens with one attached hydrogen (secondary N) is 1. The monoisotopic (exact) mass is 197 g/mol. The standard InChI is InChI=1S/C10H19N3O/c1-4-5-6-12-9(8-11)7-10(14)13(2)3/h9,12H,6-8,11H2,1-3H3. The van der Waals surface area contributed by atoms with Crippen molar-refractivity contribution in [2.45, 2.75) is 19.4 Å². The molecule has 0 rings (SSSR count). The lowest BCUT2D eigenvalue weighted by atomic mass is 10.2. The SMILES string of the molecule is CC#CCNC(CN)CC(=O)N(C)C. The quantitative estimate of drug-likeness (QED) is 0.579. The van der Waals surface area contributed by atoms with Gasteiger partial charge < -0.3 is 16.0 Å². The molecule has 0 saturated carbocycles. The first kappa shape index (κ1) is 12.9. The van der Waals surface area contributed by atoms with Gasteiger partial charge in [-0.05, 0) is 6.92 Å². The van der Waals surface area contributed by atoms with Crippen molar-refractivity contribution in [1.82, 2.24) is 10.2 Å². The molecule has 4 heteroatoms. The summed E-state index contributed by atoms with van der Waals surface area (Å²) in [6.45, 7) is 2.81. The Hall–Kier alpha value is -1.05. The molecule has 0 aliphatic carbocycles. The molecule has 0 aromatic heterocycles. The zero-order valence-electron chi connectivity index (χ0n) is 9.13. The van der Waals surface area contributed by atoms with Crippen LogP contribution in [0.1, 0.15) is 13.3 Å². The van der Waals surface area contributed by atoms with E-state index in [1.54, 1.807) is 25.9 Å². The summed E-state index contributed by atoms with van der Waals surface area (Å²) in [5, 5.41) is 3.11. The van der Waals surface area contributed by atoms with Crippen LogP contribution >= 0.6 is 0 Å². The third kappa shape index (κ3) is 5.57. The molecule has 1 unspecified atom stereocenters. The minimum absolute atomic E-state index is 0.0192. The van der Waals surface area contributed by atoms with Crippen molar-refractivity contribution >= 4 is 5.91 Å². The van der Waals surface area contributed by atoms with Crippen LogP contribution in [0.2, 0.25) is 0 Å². The molecule has 80 valence electrons. The van der Waals surface area contributed by atoms with Crippen molar-refractivity contribution in [3.8, 4) is 11.8 Å². The summed E-state index contributed by atoms with van der Waals surface area (Å²) in [6, 6.07) is 0.0192. The number of carbonyl (C=O) groups excluding carboxylic acids is 1. The fourth-order valence-electron chi connectivity index (χ4n) is 0.916. The molecule has 0 heterocycles. The predicted octanol–water partition coefficient (Wildman–Crippen LogP) is -0.595. The lowest BCUT2D eigenvalue weighted by Gasteiger charge is -2.17. The summed E-state index contributed by atoms with van der Waals surface area (Å²) >= 11 is 0. The number of hydrogen-bond donors (Lipinski definition) is 2. The molecule has 1 atom stereocenters. The van der Waals surface area contributed by atoms with Gasteiger partial charge in [-0.25, -0.2) is 0 Å². The molecule has 4 nitrogen and oxygen atoms in total. The first-order chi connectivity index (χ1) is 6.61. The predicted molar refractivity (Wildman–Crippen MR) is 57.6 cm³/mol. The Morgan fingerprint density at radius 1 is 1.57 bits per heavy atom. The van der Waals surface area contributed by atoms with Crippen molar-refractivity contribution in [2.24, 2.45) is 5.73 Å². The van der Waals surface area contributed by atoms with Crippen LogP contribution in [0.5, 0.6) is 0 Å². The van der Waals surface area contributed by atoms with Crippen molar-refractivity contribution in [3.63, 3.8) is 0 Å². The Morgan fingerprint density at radius 3 is 2.64 bits per heavy atom. The zero-order valence-corrected chi connectivity index (χ0v) is 9.13. The Balaban J connectivity index is 3.88. The van der Waals surface area contributed by atoms with Gasteiger partial charge in [0.25, 0.3) is 0 Å². The summed E-state index contributed by atoms with van der Waals surface area (Å²) in [5.41, 5.74) is 5.52. The Labute approximate surface area is 85.8 Å². The Bertz CT molecular complexity index is 227. The summed E-state index contributed by atoms with van der Waals surface area (Å²) in [4.78, 5) is 12.9. The van der Waals surface area contributed by atoms with E-state index in [0.717, 1.165) is 0 Å². The zero-order chi connectivity index (χ0) is 11.0.